The monoisotopic (exact) mass is 184 g/mol. The largest absolute Gasteiger partial charge is 0.338 e. The highest BCUT2D eigenvalue weighted by atomic mass is 19.1. The van der Waals surface area contributed by atoms with Crippen LogP contribution in [-0.2, 0) is 13.5 Å². The van der Waals surface area contributed by atoms with Crippen molar-refractivity contribution in [2.75, 3.05) is 0 Å². The number of imidazole rings is 1. The van der Waals surface area contributed by atoms with Gasteiger partial charge >= 0.3 is 0 Å². The van der Waals surface area contributed by atoms with E-state index >= 15 is 0 Å². The van der Waals surface area contributed by atoms with Gasteiger partial charge in [-0.2, -0.15) is 0 Å². The summed E-state index contributed by atoms with van der Waals surface area (Å²) >= 11 is 0. The molecule has 74 valence electrons. The predicted octanol–water partition coefficient (Wildman–Crippen LogP) is 2.49. The van der Waals surface area contributed by atoms with E-state index in [-0.39, 0.29) is 0 Å². The Morgan fingerprint density at radius 2 is 2.08 bits per heavy atom. The van der Waals surface area contributed by atoms with E-state index in [0.717, 1.165) is 5.82 Å². The summed E-state index contributed by atoms with van der Waals surface area (Å²) in [7, 11) is 1.90. The van der Waals surface area contributed by atoms with Gasteiger partial charge in [0.2, 0.25) is 0 Å². The van der Waals surface area contributed by atoms with E-state index in [1.165, 1.54) is 0 Å². The van der Waals surface area contributed by atoms with Crippen molar-refractivity contribution < 1.29 is 4.39 Å². The Bertz CT molecular complexity index is 264. The molecule has 0 N–H and O–H groups in total. The molecule has 13 heavy (non-hydrogen) atoms. The summed E-state index contributed by atoms with van der Waals surface area (Å²) < 4.78 is 15.8. The summed E-state index contributed by atoms with van der Waals surface area (Å²) in [5, 5.41) is 0. The quantitative estimate of drug-likeness (QED) is 0.703. The Morgan fingerprint density at radius 3 is 2.46 bits per heavy atom. The van der Waals surface area contributed by atoms with Crippen LogP contribution in [0, 0.1) is 0 Å². The number of aromatic nitrogens is 2. The normalized spacial score (nSPS) is 12.0. The maximum atomic E-state index is 13.9. The predicted molar refractivity (Wildman–Crippen MR) is 51.3 cm³/mol. The van der Waals surface area contributed by atoms with Crippen molar-refractivity contribution in [1.82, 2.24) is 9.55 Å². The van der Waals surface area contributed by atoms with E-state index in [0.29, 0.717) is 19.3 Å². The molecule has 0 saturated heterocycles. The molecular formula is C10H17FN2. The van der Waals surface area contributed by atoms with Crippen molar-refractivity contribution in [2.24, 2.45) is 7.05 Å². The summed E-state index contributed by atoms with van der Waals surface area (Å²) in [6, 6.07) is 0. The molecule has 0 atom stereocenters. The lowest BCUT2D eigenvalue weighted by atomic mass is 9.95. The third kappa shape index (κ3) is 2.29. The third-order valence-corrected chi connectivity index (χ3v) is 2.66. The first-order valence-corrected chi connectivity index (χ1v) is 4.76. The second kappa shape index (κ2) is 3.90. The zero-order valence-electron chi connectivity index (χ0n) is 8.55. The molecule has 0 aliphatic rings. The summed E-state index contributed by atoms with van der Waals surface area (Å²) in [6.07, 6.45) is 5.08. The van der Waals surface area contributed by atoms with Crippen molar-refractivity contribution in [2.45, 2.75) is 38.8 Å². The molecule has 2 nitrogen and oxygen atoms in total. The first-order valence-electron chi connectivity index (χ1n) is 4.76. The molecule has 0 fully saturated rings. The molecule has 0 unspecified atom stereocenters. The Labute approximate surface area is 78.8 Å². The number of alkyl halides is 1. The van der Waals surface area contributed by atoms with Crippen molar-refractivity contribution in [3.05, 3.63) is 18.2 Å². The lowest BCUT2D eigenvalue weighted by molar-refractivity contribution is 0.147. The van der Waals surface area contributed by atoms with E-state index < -0.39 is 5.67 Å². The molecule has 0 aromatic carbocycles. The summed E-state index contributed by atoms with van der Waals surface area (Å²) in [5.41, 5.74) is -1.08. The lowest BCUT2D eigenvalue weighted by Crippen LogP contribution is -2.25. The van der Waals surface area contributed by atoms with Gasteiger partial charge in [-0.25, -0.2) is 9.37 Å². The first-order chi connectivity index (χ1) is 6.11. The average Bonchev–Trinajstić information content (AvgIpc) is 2.52. The van der Waals surface area contributed by atoms with Crippen LogP contribution in [0.5, 0.6) is 0 Å². The number of aryl methyl sites for hydroxylation is 1. The van der Waals surface area contributed by atoms with Gasteiger partial charge in [0.15, 0.2) is 0 Å². The average molecular weight is 184 g/mol. The van der Waals surface area contributed by atoms with Crippen molar-refractivity contribution in [3.8, 4) is 0 Å². The molecule has 0 spiro atoms. The maximum absolute atomic E-state index is 13.9. The third-order valence-electron chi connectivity index (χ3n) is 2.66. The SMILES string of the molecule is CCC(F)(CC)Cc1nccn1C. The van der Waals surface area contributed by atoms with E-state index in [1.807, 2.05) is 31.7 Å². The topological polar surface area (TPSA) is 17.8 Å². The zero-order chi connectivity index (χ0) is 9.90. The highest BCUT2D eigenvalue weighted by Crippen LogP contribution is 2.24. The van der Waals surface area contributed by atoms with Gasteiger partial charge in [0.25, 0.3) is 0 Å². The first kappa shape index (κ1) is 10.2. The molecular weight excluding hydrogens is 167 g/mol. The van der Waals surface area contributed by atoms with Gasteiger partial charge in [-0.3, -0.25) is 0 Å². The Kier molecular flexibility index (Phi) is 3.07. The van der Waals surface area contributed by atoms with Crippen LogP contribution in [0.3, 0.4) is 0 Å². The molecule has 1 rings (SSSR count). The summed E-state index contributed by atoms with van der Waals surface area (Å²) in [6.45, 7) is 3.76. The molecule has 1 heterocycles. The van der Waals surface area contributed by atoms with Crippen molar-refractivity contribution >= 4 is 0 Å². The smallest absolute Gasteiger partial charge is 0.117 e. The van der Waals surface area contributed by atoms with E-state index in [9.17, 15) is 4.39 Å². The molecule has 0 aliphatic carbocycles. The van der Waals surface area contributed by atoms with Gasteiger partial charge in [-0.1, -0.05) is 13.8 Å². The fourth-order valence-corrected chi connectivity index (χ4v) is 1.35. The lowest BCUT2D eigenvalue weighted by Gasteiger charge is -2.21. The van der Waals surface area contributed by atoms with E-state index in [1.54, 1.807) is 6.20 Å². The van der Waals surface area contributed by atoms with Gasteiger partial charge in [0.05, 0.1) is 0 Å². The van der Waals surface area contributed by atoms with Crippen LogP contribution in [0.4, 0.5) is 4.39 Å². The highest BCUT2D eigenvalue weighted by Gasteiger charge is 2.26. The number of rotatable bonds is 4. The Hall–Kier alpha value is -0.860. The van der Waals surface area contributed by atoms with Gasteiger partial charge < -0.3 is 4.57 Å². The molecule has 0 amide bonds. The number of nitrogens with zero attached hydrogens (tertiary/aromatic N) is 2. The maximum Gasteiger partial charge on any atom is 0.117 e. The van der Waals surface area contributed by atoms with Crippen molar-refractivity contribution in [3.63, 3.8) is 0 Å². The second-order valence-electron chi connectivity index (χ2n) is 3.49. The van der Waals surface area contributed by atoms with Crippen LogP contribution >= 0.6 is 0 Å². The van der Waals surface area contributed by atoms with Crippen LogP contribution in [0.15, 0.2) is 12.4 Å². The molecule has 3 heteroatoms. The van der Waals surface area contributed by atoms with Crippen LogP contribution in [0.25, 0.3) is 0 Å². The van der Waals surface area contributed by atoms with Gasteiger partial charge in [-0.05, 0) is 12.8 Å². The van der Waals surface area contributed by atoms with Crippen molar-refractivity contribution in [1.29, 1.82) is 0 Å². The molecule has 1 aromatic heterocycles. The van der Waals surface area contributed by atoms with Crippen LogP contribution < -0.4 is 0 Å². The standard InChI is InChI=1S/C10H17FN2/c1-4-10(11,5-2)8-9-12-6-7-13(9)3/h6-7H,4-5,8H2,1-3H3. The zero-order valence-corrected chi connectivity index (χ0v) is 8.55. The Morgan fingerprint density at radius 1 is 1.46 bits per heavy atom. The fourth-order valence-electron chi connectivity index (χ4n) is 1.35. The summed E-state index contributed by atoms with van der Waals surface area (Å²) in [5.74, 6) is 0.825. The Balaban J connectivity index is 2.73. The minimum atomic E-state index is -1.08. The molecule has 0 bridgehead atoms. The van der Waals surface area contributed by atoms with E-state index in [4.69, 9.17) is 0 Å². The minimum Gasteiger partial charge on any atom is -0.338 e. The fraction of sp³-hybridized carbons (Fsp3) is 0.700. The molecule has 0 saturated carbocycles. The van der Waals surface area contributed by atoms with Gasteiger partial charge in [-0.15, -0.1) is 0 Å². The minimum absolute atomic E-state index is 0.420. The number of hydrogen-bond donors (Lipinski definition) is 0. The molecule has 0 radical (unpaired) electrons. The van der Waals surface area contributed by atoms with E-state index in [2.05, 4.69) is 4.98 Å². The van der Waals surface area contributed by atoms with Crippen LogP contribution in [-0.4, -0.2) is 15.2 Å². The highest BCUT2D eigenvalue weighted by molar-refractivity contribution is 4.97. The number of hydrogen-bond acceptors (Lipinski definition) is 1. The van der Waals surface area contributed by atoms with Gasteiger partial charge in [0.1, 0.15) is 11.5 Å². The molecule has 1 aromatic rings. The van der Waals surface area contributed by atoms with Crippen LogP contribution in [0.2, 0.25) is 0 Å². The van der Waals surface area contributed by atoms with Gasteiger partial charge in [0, 0.05) is 25.9 Å². The molecule has 0 aliphatic heterocycles. The van der Waals surface area contributed by atoms with Crippen LogP contribution in [0.1, 0.15) is 32.5 Å². The number of halogens is 1. The summed E-state index contributed by atoms with van der Waals surface area (Å²) in [4.78, 5) is 4.12. The second-order valence-corrected chi connectivity index (χ2v) is 3.49.